The molecule has 154 valence electrons. The molecule has 0 radical (unpaired) electrons. The molecule has 0 bridgehead atoms. The summed E-state index contributed by atoms with van der Waals surface area (Å²) in [6, 6.07) is 15.4. The summed E-state index contributed by atoms with van der Waals surface area (Å²) in [5.74, 6) is -2.27. The third-order valence-corrected chi connectivity index (χ3v) is 5.44. The number of fused-ring (bicyclic) bond motifs is 1. The van der Waals surface area contributed by atoms with Crippen LogP contribution in [0.3, 0.4) is 0 Å². The third kappa shape index (κ3) is 3.30. The smallest absolute Gasteiger partial charge is 0.411 e. The van der Waals surface area contributed by atoms with E-state index in [-0.39, 0.29) is 17.7 Å². The van der Waals surface area contributed by atoms with Crippen molar-refractivity contribution in [2.24, 2.45) is 0 Å². The molecule has 0 spiro atoms. The SMILES string of the molecule is CC1(C(=O)ON2C(=O)c3ccccc3C2=O)CCCN1C(=O)OCc1ccccc1. The highest BCUT2D eigenvalue weighted by molar-refractivity contribution is 6.21. The van der Waals surface area contributed by atoms with Gasteiger partial charge in [0.15, 0.2) is 0 Å². The highest BCUT2D eigenvalue weighted by Crippen LogP contribution is 2.33. The predicted molar refractivity (Wildman–Crippen MR) is 104 cm³/mol. The maximum Gasteiger partial charge on any atom is 0.411 e. The van der Waals surface area contributed by atoms with E-state index in [9.17, 15) is 19.2 Å². The van der Waals surface area contributed by atoms with Crippen LogP contribution in [-0.2, 0) is 21.0 Å². The monoisotopic (exact) mass is 408 g/mol. The normalized spacial score (nSPS) is 20.3. The molecule has 3 amide bonds. The number of rotatable bonds is 4. The van der Waals surface area contributed by atoms with Crippen LogP contribution in [0.1, 0.15) is 46.0 Å². The Morgan fingerprint density at radius 3 is 2.20 bits per heavy atom. The summed E-state index contributed by atoms with van der Waals surface area (Å²) >= 11 is 0. The first-order valence-corrected chi connectivity index (χ1v) is 9.60. The van der Waals surface area contributed by atoms with Crippen LogP contribution in [0.25, 0.3) is 0 Å². The molecule has 1 unspecified atom stereocenters. The van der Waals surface area contributed by atoms with Crippen LogP contribution in [0.15, 0.2) is 54.6 Å². The fraction of sp³-hybridized carbons (Fsp3) is 0.273. The van der Waals surface area contributed by atoms with Gasteiger partial charge in [-0.1, -0.05) is 47.5 Å². The zero-order valence-electron chi connectivity index (χ0n) is 16.4. The highest BCUT2D eigenvalue weighted by Gasteiger charge is 2.50. The molecule has 1 atom stereocenters. The van der Waals surface area contributed by atoms with E-state index in [4.69, 9.17) is 9.57 Å². The summed E-state index contributed by atoms with van der Waals surface area (Å²) in [5.41, 5.74) is -0.180. The second kappa shape index (κ2) is 7.62. The van der Waals surface area contributed by atoms with Gasteiger partial charge in [0.2, 0.25) is 0 Å². The summed E-state index contributed by atoms with van der Waals surface area (Å²) < 4.78 is 5.35. The summed E-state index contributed by atoms with van der Waals surface area (Å²) in [4.78, 5) is 57.0. The van der Waals surface area contributed by atoms with Crippen LogP contribution in [-0.4, -0.2) is 45.9 Å². The fourth-order valence-electron chi connectivity index (χ4n) is 3.70. The minimum atomic E-state index is -1.34. The molecule has 8 nitrogen and oxygen atoms in total. The third-order valence-electron chi connectivity index (χ3n) is 5.44. The molecule has 4 rings (SSSR count). The van der Waals surface area contributed by atoms with Crippen molar-refractivity contribution in [1.29, 1.82) is 0 Å². The van der Waals surface area contributed by atoms with Crippen LogP contribution in [0.4, 0.5) is 4.79 Å². The topological polar surface area (TPSA) is 93.2 Å². The standard InChI is InChI=1S/C22H20N2O6/c1-22(12-7-13-23(22)21(28)29-14-15-8-3-2-4-9-15)20(27)30-24-18(25)16-10-5-6-11-17(16)19(24)26/h2-6,8-11H,7,12-14H2,1H3. The number of hydrogen-bond donors (Lipinski definition) is 0. The number of carbonyl (C=O) groups is 4. The maximum atomic E-state index is 12.9. The number of hydrogen-bond acceptors (Lipinski definition) is 6. The van der Waals surface area contributed by atoms with E-state index >= 15 is 0 Å². The molecule has 8 heteroatoms. The van der Waals surface area contributed by atoms with Crippen LogP contribution >= 0.6 is 0 Å². The van der Waals surface area contributed by atoms with Crippen molar-refractivity contribution >= 4 is 23.9 Å². The van der Waals surface area contributed by atoms with Crippen LogP contribution < -0.4 is 0 Å². The zero-order valence-corrected chi connectivity index (χ0v) is 16.4. The average Bonchev–Trinajstić information content (AvgIpc) is 3.28. The van der Waals surface area contributed by atoms with Crippen molar-refractivity contribution in [1.82, 2.24) is 9.96 Å². The van der Waals surface area contributed by atoms with Crippen LogP contribution in [0.5, 0.6) is 0 Å². The molecule has 1 saturated heterocycles. The van der Waals surface area contributed by atoms with Crippen molar-refractivity contribution in [2.45, 2.75) is 31.9 Å². The van der Waals surface area contributed by atoms with Gasteiger partial charge in [-0.3, -0.25) is 14.5 Å². The molecule has 2 aromatic carbocycles. The van der Waals surface area contributed by atoms with Gasteiger partial charge >= 0.3 is 12.1 Å². The summed E-state index contributed by atoms with van der Waals surface area (Å²) in [7, 11) is 0. The first-order chi connectivity index (χ1) is 14.4. The Hall–Kier alpha value is -3.68. The fourth-order valence-corrected chi connectivity index (χ4v) is 3.70. The quantitative estimate of drug-likeness (QED) is 0.722. The van der Waals surface area contributed by atoms with Crippen molar-refractivity contribution in [3.8, 4) is 0 Å². The van der Waals surface area contributed by atoms with Crippen molar-refractivity contribution < 1.29 is 28.8 Å². The molecule has 0 N–H and O–H groups in total. The van der Waals surface area contributed by atoms with E-state index in [1.807, 2.05) is 30.3 Å². The Balaban J connectivity index is 1.45. The molecule has 2 heterocycles. The number of ether oxygens (including phenoxy) is 1. The van der Waals surface area contributed by atoms with E-state index in [1.54, 1.807) is 19.1 Å². The summed E-state index contributed by atoms with van der Waals surface area (Å²) in [6.07, 6.45) is 0.238. The molecule has 1 fully saturated rings. The minimum absolute atomic E-state index is 0.0692. The highest BCUT2D eigenvalue weighted by atomic mass is 16.7. The second-order valence-corrected chi connectivity index (χ2v) is 7.40. The van der Waals surface area contributed by atoms with Gasteiger partial charge in [0.25, 0.3) is 11.8 Å². The Morgan fingerprint density at radius 2 is 1.57 bits per heavy atom. The molecule has 0 aliphatic carbocycles. The Kier molecular flexibility index (Phi) is 4.99. The van der Waals surface area contributed by atoms with Gasteiger partial charge in [-0.25, -0.2) is 9.59 Å². The van der Waals surface area contributed by atoms with E-state index in [1.165, 1.54) is 17.0 Å². The van der Waals surface area contributed by atoms with E-state index in [0.717, 1.165) is 5.56 Å². The number of hydroxylamine groups is 2. The minimum Gasteiger partial charge on any atom is -0.445 e. The second-order valence-electron chi connectivity index (χ2n) is 7.40. The van der Waals surface area contributed by atoms with Crippen LogP contribution in [0, 0.1) is 0 Å². The average molecular weight is 408 g/mol. The molecule has 2 aromatic rings. The Labute approximate surface area is 172 Å². The van der Waals surface area contributed by atoms with Gasteiger partial charge in [0, 0.05) is 6.54 Å². The lowest BCUT2D eigenvalue weighted by atomic mass is 10.00. The molecule has 30 heavy (non-hydrogen) atoms. The molecule has 2 aliphatic heterocycles. The van der Waals surface area contributed by atoms with Crippen molar-refractivity contribution in [2.75, 3.05) is 6.54 Å². The zero-order chi connectivity index (χ0) is 21.3. The Bertz CT molecular complexity index is 986. The Morgan fingerprint density at radius 1 is 0.967 bits per heavy atom. The largest absolute Gasteiger partial charge is 0.445 e. The number of carbonyl (C=O) groups excluding carboxylic acids is 4. The lowest BCUT2D eigenvalue weighted by molar-refractivity contribution is -0.179. The number of nitrogens with zero attached hydrogens (tertiary/aromatic N) is 2. The molecular weight excluding hydrogens is 388 g/mol. The van der Waals surface area contributed by atoms with Crippen LogP contribution in [0.2, 0.25) is 0 Å². The van der Waals surface area contributed by atoms with Crippen molar-refractivity contribution in [3.63, 3.8) is 0 Å². The van der Waals surface area contributed by atoms with Gasteiger partial charge in [-0.2, -0.15) is 0 Å². The number of likely N-dealkylation sites (tertiary alicyclic amines) is 1. The number of imide groups is 1. The van der Waals surface area contributed by atoms with Gasteiger partial charge in [-0.15, -0.1) is 0 Å². The van der Waals surface area contributed by atoms with E-state index in [2.05, 4.69) is 0 Å². The lowest BCUT2D eigenvalue weighted by Crippen LogP contribution is -2.53. The van der Waals surface area contributed by atoms with Crippen molar-refractivity contribution in [3.05, 3.63) is 71.3 Å². The first-order valence-electron chi connectivity index (χ1n) is 9.60. The summed E-state index contributed by atoms with van der Waals surface area (Å²) in [5, 5.41) is 0.462. The van der Waals surface area contributed by atoms with E-state index < -0.39 is 29.4 Å². The maximum absolute atomic E-state index is 12.9. The lowest BCUT2D eigenvalue weighted by Gasteiger charge is -2.32. The summed E-state index contributed by atoms with van der Waals surface area (Å²) in [6.45, 7) is 1.92. The van der Waals surface area contributed by atoms with Gasteiger partial charge in [-0.05, 0) is 37.5 Å². The molecule has 2 aliphatic rings. The number of benzene rings is 2. The number of amides is 3. The van der Waals surface area contributed by atoms with Gasteiger partial charge in [0.05, 0.1) is 11.1 Å². The predicted octanol–water partition coefficient (Wildman–Crippen LogP) is 2.93. The first kappa shape index (κ1) is 19.6. The molecule has 0 aromatic heterocycles. The van der Waals surface area contributed by atoms with Gasteiger partial charge < -0.3 is 9.57 Å². The van der Waals surface area contributed by atoms with Gasteiger partial charge in [0.1, 0.15) is 12.1 Å². The molecule has 0 saturated carbocycles. The molecular formula is C22H20N2O6. The van der Waals surface area contributed by atoms with E-state index in [0.29, 0.717) is 24.4 Å².